The van der Waals surface area contributed by atoms with Gasteiger partial charge in [-0.2, -0.15) is 0 Å². The van der Waals surface area contributed by atoms with Gasteiger partial charge in [-0.15, -0.1) is 10.2 Å². The van der Waals surface area contributed by atoms with E-state index in [-0.39, 0.29) is 11.3 Å². The molecule has 1 spiro atoms. The highest BCUT2D eigenvalue weighted by molar-refractivity contribution is 7.13. The van der Waals surface area contributed by atoms with Gasteiger partial charge in [0.1, 0.15) is 11.2 Å². The lowest BCUT2D eigenvalue weighted by Crippen LogP contribution is -2.52. The summed E-state index contributed by atoms with van der Waals surface area (Å²) in [5, 5.41) is 9.10. The summed E-state index contributed by atoms with van der Waals surface area (Å²) in [5.74, 6) is 0.0748. The van der Waals surface area contributed by atoms with Crippen molar-refractivity contribution in [3.8, 4) is 0 Å². The molecule has 128 valence electrons. The second-order valence-electron chi connectivity index (χ2n) is 6.61. The number of hydrogen-bond acceptors (Lipinski definition) is 6. The van der Waals surface area contributed by atoms with E-state index in [1.165, 1.54) is 0 Å². The fourth-order valence-electron chi connectivity index (χ4n) is 3.72. The second-order valence-corrected chi connectivity index (χ2v) is 7.42. The van der Waals surface area contributed by atoms with Crippen molar-refractivity contribution in [2.45, 2.75) is 12.8 Å². The van der Waals surface area contributed by atoms with E-state index in [0.29, 0.717) is 18.9 Å². The largest absolute Gasteiger partial charge is 0.379 e. The van der Waals surface area contributed by atoms with Crippen LogP contribution in [0.1, 0.15) is 23.3 Å². The fourth-order valence-corrected chi connectivity index (χ4v) is 4.31. The van der Waals surface area contributed by atoms with Gasteiger partial charge >= 0.3 is 0 Å². The fraction of sp³-hybridized carbons (Fsp3) is 0.562. The molecule has 2 aromatic heterocycles. The van der Waals surface area contributed by atoms with Gasteiger partial charge in [0.2, 0.25) is 5.13 Å². The van der Waals surface area contributed by atoms with Gasteiger partial charge in [-0.05, 0) is 25.0 Å². The molecule has 1 amide bonds. The Bertz CT molecular complexity index is 675. The Morgan fingerprint density at radius 1 is 1.38 bits per heavy atom. The Balaban J connectivity index is 1.53. The van der Waals surface area contributed by atoms with E-state index >= 15 is 0 Å². The molecule has 0 bridgehead atoms. The first-order valence-corrected chi connectivity index (χ1v) is 9.15. The van der Waals surface area contributed by atoms with E-state index < -0.39 is 0 Å². The van der Waals surface area contributed by atoms with Crippen molar-refractivity contribution < 1.29 is 9.53 Å². The quantitative estimate of drug-likeness (QED) is 0.894. The summed E-state index contributed by atoms with van der Waals surface area (Å²) in [4.78, 5) is 19.9. The lowest BCUT2D eigenvalue weighted by atomic mass is 9.80. The highest BCUT2D eigenvalue weighted by atomic mass is 32.1. The number of aromatic amines is 1. The van der Waals surface area contributed by atoms with Crippen LogP contribution in [0.4, 0.5) is 5.13 Å². The maximum absolute atomic E-state index is 12.7. The zero-order chi connectivity index (χ0) is 16.4. The third-order valence-electron chi connectivity index (χ3n) is 4.84. The van der Waals surface area contributed by atoms with Crippen molar-refractivity contribution in [1.29, 1.82) is 0 Å². The molecule has 4 heterocycles. The molecule has 1 N–H and O–H groups in total. The Kier molecular flexibility index (Phi) is 4.24. The average Bonchev–Trinajstić information content (AvgIpc) is 3.28. The number of rotatable bonds is 2. The van der Waals surface area contributed by atoms with Crippen LogP contribution in [0.25, 0.3) is 0 Å². The van der Waals surface area contributed by atoms with Crippen molar-refractivity contribution in [2.24, 2.45) is 5.41 Å². The second kappa shape index (κ2) is 6.52. The molecule has 2 aliphatic rings. The molecule has 0 aliphatic carbocycles. The number of likely N-dealkylation sites (tertiary alicyclic amines) is 1. The summed E-state index contributed by atoms with van der Waals surface area (Å²) in [6, 6.07) is 3.69. The zero-order valence-corrected chi connectivity index (χ0v) is 14.3. The number of carbonyl (C=O) groups excluding carboxylic acids is 1. The number of nitrogens with zero attached hydrogens (tertiary/aromatic N) is 4. The minimum atomic E-state index is -0.0390. The van der Waals surface area contributed by atoms with Crippen molar-refractivity contribution in [2.75, 3.05) is 44.3 Å². The first kappa shape index (κ1) is 15.6. The summed E-state index contributed by atoms with van der Waals surface area (Å²) in [7, 11) is 0. The van der Waals surface area contributed by atoms with Crippen LogP contribution in [0.5, 0.6) is 0 Å². The number of nitrogens with one attached hydrogen (secondary N) is 1. The molecular weight excluding hydrogens is 326 g/mol. The van der Waals surface area contributed by atoms with Crippen molar-refractivity contribution in [3.63, 3.8) is 0 Å². The molecule has 0 saturated carbocycles. The summed E-state index contributed by atoms with van der Waals surface area (Å²) >= 11 is 1.55. The van der Waals surface area contributed by atoms with Crippen molar-refractivity contribution in [3.05, 3.63) is 29.5 Å². The number of piperidine rings is 1. The third-order valence-corrected chi connectivity index (χ3v) is 5.59. The number of amides is 1. The van der Waals surface area contributed by atoms with E-state index in [0.717, 1.165) is 44.2 Å². The number of ether oxygens (including phenoxy) is 1. The van der Waals surface area contributed by atoms with Gasteiger partial charge in [-0.1, -0.05) is 11.3 Å². The molecule has 4 rings (SSSR count). The smallest absolute Gasteiger partial charge is 0.270 e. The molecule has 8 heteroatoms. The van der Waals surface area contributed by atoms with Crippen LogP contribution in [0.3, 0.4) is 0 Å². The number of aromatic nitrogens is 3. The van der Waals surface area contributed by atoms with Gasteiger partial charge < -0.3 is 19.5 Å². The standard InChI is InChI=1S/C16H21N5O2S/c22-14(13-3-1-5-17-13)20-6-2-4-16(9-20)10-21(7-8-23-11-16)15-19-18-12-24-15/h1,3,5,12,17H,2,4,6-11H2. The van der Waals surface area contributed by atoms with Gasteiger partial charge in [-0.25, -0.2) is 0 Å². The van der Waals surface area contributed by atoms with Crippen LogP contribution in [-0.2, 0) is 4.74 Å². The van der Waals surface area contributed by atoms with Gasteiger partial charge in [0.05, 0.1) is 13.2 Å². The van der Waals surface area contributed by atoms with Crippen LogP contribution >= 0.6 is 11.3 Å². The van der Waals surface area contributed by atoms with Crippen molar-refractivity contribution >= 4 is 22.4 Å². The van der Waals surface area contributed by atoms with Gasteiger partial charge in [0.25, 0.3) is 5.91 Å². The summed E-state index contributed by atoms with van der Waals surface area (Å²) in [5.41, 5.74) is 2.38. The number of carbonyl (C=O) groups is 1. The van der Waals surface area contributed by atoms with Crippen LogP contribution in [0.2, 0.25) is 0 Å². The summed E-state index contributed by atoms with van der Waals surface area (Å²) in [6.45, 7) is 4.58. The van der Waals surface area contributed by atoms with Gasteiger partial charge in [0, 0.05) is 37.8 Å². The zero-order valence-electron chi connectivity index (χ0n) is 13.5. The molecule has 0 radical (unpaired) electrons. The van der Waals surface area contributed by atoms with Gasteiger partial charge in [0.15, 0.2) is 0 Å². The minimum absolute atomic E-state index is 0.0390. The van der Waals surface area contributed by atoms with Crippen LogP contribution in [0, 0.1) is 5.41 Å². The highest BCUT2D eigenvalue weighted by Gasteiger charge is 2.41. The molecule has 2 saturated heterocycles. The van der Waals surface area contributed by atoms with E-state index in [2.05, 4.69) is 20.1 Å². The van der Waals surface area contributed by atoms with Crippen molar-refractivity contribution in [1.82, 2.24) is 20.1 Å². The molecule has 2 aliphatic heterocycles. The topological polar surface area (TPSA) is 74.3 Å². The first-order chi connectivity index (χ1) is 11.8. The normalized spacial score (nSPS) is 25.0. The Morgan fingerprint density at radius 3 is 3.12 bits per heavy atom. The third kappa shape index (κ3) is 3.03. The van der Waals surface area contributed by atoms with Crippen LogP contribution in [0.15, 0.2) is 23.8 Å². The number of hydrogen-bond donors (Lipinski definition) is 1. The number of H-pyrrole nitrogens is 1. The molecule has 1 unspecified atom stereocenters. The molecule has 1 atom stereocenters. The minimum Gasteiger partial charge on any atom is -0.379 e. The lowest BCUT2D eigenvalue weighted by molar-refractivity contribution is 0.0133. The molecule has 2 fully saturated rings. The molecule has 7 nitrogen and oxygen atoms in total. The molecule has 0 aromatic carbocycles. The van der Waals surface area contributed by atoms with E-state index in [4.69, 9.17) is 4.74 Å². The average molecular weight is 347 g/mol. The summed E-state index contributed by atoms with van der Waals surface area (Å²) in [6.07, 6.45) is 3.86. The number of anilines is 1. The van der Waals surface area contributed by atoms with E-state index in [9.17, 15) is 4.79 Å². The summed E-state index contributed by atoms with van der Waals surface area (Å²) < 4.78 is 5.90. The molecule has 24 heavy (non-hydrogen) atoms. The van der Waals surface area contributed by atoms with Crippen LogP contribution in [-0.4, -0.2) is 65.4 Å². The monoisotopic (exact) mass is 347 g/mol. The maximum Gasteiger partial charge on any atom is 0.270 e. The van der Waals surface area contributed by atoms with Crippen LogP contribution < -0.4 is 4.90 Å². The predicted octanol–water partition coefficient (Wildman–Crippen LogP) is 1.63. The SMILES string of the molecule is O=C(c1ccc[nH]1)N1CCCC2(COCCN(c3nncs3)C2)C1. The van der Waals surface area contributed by atoms with E-state index in [1.807, 2.05) is 17.0 Å². The Hall–Kier alpha value is -1.93. The van der Waals surface area contributed by atoms with E-state index in [1.54, 1.807) is 23.0 Å². The van der Waals surface area contributed by atoms with Gasteiger partial charge in [-0.3, -0.25) is 4.79 Å². The predicted molar refractivity (Wildman–Crippen MR) is 91.3 cm³/mol. The Labute approximate surface area is 144 Å². The molecule has 2 aromatic rings. The molecular formula is C16H21N5O2S. The highest BCUT2D eigenvalue weighted by Crippen LogP contribution is 2.35. The lowest BCUT2D eigenvalue weighted by Gasteiger charge is -2.43. The first-order valence-electron chi connectivity index (χ1n) is 8.27. The maximum atomic E-state index is 12.7. The Morgan fingerprint density at radius 2 is 2.33 bits per heavy atom.